The zero-order valence-corrected chi connectivity index (χ0v) is 36.7. The normalized spacial score (nSPS) is 39.5. The van der Waals surface area contributed by atoms with Gasteiger partial charge in [0, 0.05) is 22.6 Å². The highest BCUT2D eigenvalue weighted by Gasteiger charge is 2.63. The van der Waals surface area contributed by atoms with Crippen LogP contribution in [0.5, 0.6) is 0 Å². The maximum atomic E-state index is 2.90. The third-order valence-corrected chi connectivity index (χ3v) is 18.6. The topological polar surface area (TPSA) is 3.24 Å². The number of fused-ring (bicyclic) bond motifs is 4. The van der Waals surface area contributed by atoms with Gasteiger partial charge in [-0.1, -0.05) is 135 Å². The molecule has 0 aromatic carbocycles. The molecule has 11 rings (SSSR count). The monoisotopic (exact) mass is 784 g/mol. The van der Waals surface area contributed by atoms with Crippen molar-refractivity contribution in [3.63, 3.8) is 0 Å². The van der Waals surface area contributed by atoms with Gasteiger partial charge in [-0.3, -0.25) is 0 Å². The van der Waals surface area contributed by atoms with Crippen LogP contribution in [-0.4, -0.2) is 17.0 Å². The molecule has 2 saturated carbocycles. The minimum absolute atomic E-state index is 0.220. The molecule has 59 heavy (non-hydrogen) atoms. The summed E-state index contributed by atoms with van der Waals surface area (Å²) in [6.45, 7) is 5.21. The molecule has 0 spiro atoms. The Kier molecular flexibility index (Phi) is 10.4. The number of rotatable bonds is 7. The average molecular weight is 784 g/mol. The zero-order chi connectivity index (χ0) is 39.6. The van der Waals surface area contributed by atoms with Gasteiger partial charge in [-0.15, -0.1) is 0 Å². The molecule has 0 aromatic heterocycles. The molecule has 0 N–H and O–H groups in total. The van der Waals surface area contributed by atoms with E-state index in [9.17, 15) is 0 Å². The first-order chi connectivity index (χ1) is 29.0. The first-order valence-electron chi connectivity index (χ1n) is 25.1. The second kappa shape index (κ2) is 15.9. The molecule has 310 valence electrons. The molecule has 1 heteroatoms. The van der Waals surface area contributed by atoms with E-state index >= 15 is 0 Å². The highest BCUT2D eigenvalue weighted by molar-refractivity contribution is 5.60. The molecule has 0 radical (unpaired) electrons. The number of nitrogens with zero attached hydrogens (tertiary/aromatic N) is 1. The van der Waals surface area contributed by atoms with E-state index in [1.165, 1.54) is 140 Å². The van der Waals surface area contributed by atoms with Crippen molar-refractivity contribution in [1.29, 1.82) is 0 Å². The van der Waals surface area contributed by atoms with E-state index in [1.54, 1.807) is 22.3 Å². The first kappa shape index (κ1) is 38.6. The lowest BCUT2D eigenvalue weighted by Crippen LogP contribution is -2.48. The Balaban J connectivity index is 0.932. The molecule has 10 atom stereocenters. The Morgan fingerprint density at radius 3 is 2.39 bits per heavy atom. The van der Waals surface area contributed by atoms with Crippen LogP contribution in [-0.2, 0) is 0 Å². The van der Waals surface area contributed by atoms with Gasteiger partial charge in [0.2, 0.25) is 0 Å². The fourth-order valence-electron chi connectivity index (χ4n) is 15.9. The minimum atomic E-state index is 0.220. The molecule has 10 unspecified atom stereocenters. The molecule has 0 aliphatic heterocycles. The molecule has 0 aromatic rings. The molecule has 0 amide bonds. The van der Waals surface area contributed by atoms with E-state index < -0.39 is 0 Å². The Morgan fingerprint density at radius 1 is 0.644 bits per heavy atom. The van der Waals surface area contributed by atoms with Gasteiger partial charge in [-0.2, -0.15) is 0 Å². The third kappa shape index (κ3) is 6.51. The molecular formula is C58H73N. The van der Waals surface area contributed by atoms with Gasteiger partial charge >= 0.3 is 0 Å². The van der Waals surface area contributed by atoms with Crippen LogP contribution in [0.3, 0.4) is 0 Å². The molecule has 0 saturated heterocycles. The minimum Gasteiger partial charge on any atom is -0.359 e. The number of allylic oxidation sites excluding steroid dienone is 20. The van der Waals surface area contributed by atoms with Gasteiger partial charge in [0.05, 0.1) is 6.04 Å². The van der Waals surface area contributed by atoms with Crippen LogP contribution < -0.4 is 0 Å². The maximum Gasteiger partial charge on any atom is 0.0517 e. The largest absolute Gasteiger partial charge is 0.359 e. The lowest BCUT2D eigenvalue weighted by Gasteiger charge is -2.54. The third-order valence-electron chi connectivity index (χ3n) is 18.6. The summed E-state index contributed by atoms with van der Waals surface area (Å²) in [5.74, 6) is 5.36. The van der Waals surface area contributed by atoms with Crippen LogP contribution >= 0.6 is 0 Å². The molecule has 11 aliphatic rings. The molecule has 11 aliphatic carbocycles. The second-order valence-electron chi connectivity index (χ2n) is 21.5. The second-order valence-corrected chi connectivity index (χ2v) is 21.5. The lowest BCUT2D eigenvalue weighted by molar-refractivity contribution is 0.0229. The van der Waals surface area contributed by atoms with Crippen molar-refractivity contribution in [3.05, 3.63) is 142 Å². The summed E-state index contributed by atoms with van der Waals surface area (Å²) >= 11 is 0. The molecular weight excluding hydrogens is 711 g/mol. The summed E-state index contributed by atoms with van der Waals surface area (Å²) in [6.07, 6.45) is 68.9. The Morgan fingerprint density at radius 2 is 1.59 bits per heavy atom. The van der Waals surface area contributed by atoms with Crippen LogP contribution in [0.25, 0.3) is 0 Å². The zero-order valence-electron chi connectivity index (χ0n) is 36.7. The summed E-state index contributed by atoms with van der Waals surface area (Å²) in [6, 6.07) is 0.863. The highest BCUT2D eigenvalue weighted by atomic mass is 15.2. The number of hydrogen-bond acceptors (Lipinski definition) is 1. The van der Waals surface area contributed by atoms with Crippen molar-refractivity contribution in [2.45, 2.75) is 161 Å². The fourth-order valence-corrected chi connectivity index (χ4v) is 15.9. The molecule has 2 fully saturated rings. The fraction of sp³-hybridized carbons (Fsp3) is 0.586. The molecule has 1 nitrogen and oxygen atoms in total. The maximum absolute atomic E-state index is 2.90. The molecule has 0 bridgehead atoms. The van der Waals surface area contributed by atoms with Gasteiger partial charge in [0.25, 0.3) is 0 Å². The van der Waals surface area contributed by atoms with Crippen molar-refractivity contribution in [1.82, 2.24) is 4.90 Å². The van der Waals surface area contributed by atoms with Crippen molar-refractivity contribution >= 4 is 0 Å². The van der Waals surface area contributed by atoms with Gasteiger partial charge in [0.1, 0.15) is 0 Å². The van der Waals surface area contributed by atoms with E-state index in [-0.39, 0.29) is 5.41 Å². The SMILES string of the molecule is CC1(C)C2=C(C=CCC2)C2=C1CC(C1(C3C=CC(N(C4=CCC(C5CC=CCC5)C=C4)C4C=CC(C5=CCCCC5)=CC4)CC3)C3=CC=CCC3C3CCCCC31)CC2. The quantitative estimate of drug-likeness (QED) is 0.233. The standard InChI is InChI=1S/C58H73N/c1-57(2)53-22-12-9-19-49(53)52-38-31-45(39-56(52)57)58(54-23-13-10-20-50(54)51-21-11-14-24-55(51)58)44-29-36-48(37-30-44)59(46-32-25-42(26-33-46)40-15-5-3-6-16-40)47-34-27-43(28-35-47)41-17-7-4-8-18-41/h3,5,9-10,13,17,19,23,25,27-29,32-34,36,40,42,44-45,47-48,50-51,55H,4,6-8,11-12,14-16,18,20-22,24,26,30-31,35,37-39H2,1-2H3. The predicted octanol–water partition coefficient (Wildman–Crippen LogP) is 15.3. The van der Waals surface area contributed by atoms with E-state index in [4.69, 9.17) is 0 Å². The van der Waals surface area contributed by atoms with E-state index in [0.717, 1.165) is 36.0 Å². The van der Waals surface area contributed by atoms with Crippen LogP contribution in [0.15, 0.2) is 142 Å². The average Bonchev–Trinajstić information content (AvgIpc) is 3.73. The van der Waals surface area contributed by atoms with Gasteiger partial charge in [0.15, 0.2) is 0 Å². The van der Waals surface area contributed by atoms with Gasteiger partial charge < -0.3 is 4.90 Å². The predicted molar refractivity (Wildman–Crippen MR) is 248 cm³/mol. The molecule has 0 heterocycles. The van der Waals surface area contributed by atoms with Crippen LogP contribution in [0.2, 0.25) is 0 Å². The van der Waals surface area contributed by atoms with Crippen molar-refractivity contribution in [2.24, 2.45) is 52.3 Å². The van der Waals surface area contributed by atoms with Crippen molar-refractivity contribution in [3.8, 4) is 0 Å². The Hall–Kier alpha value is -3.32. The summed E-state index contributed by atoms with van der Waals surface area (Å²) < 4.78 is 0. The van der Waals surface area contributed by atoms with E-state index in [1.807, 2.05) is 11.1 Å². The van der Waals surface area contributed by atoms with E-state index in [0.29, 0.717) is 29.3 Å². The summed E-state index contributed by atoms with van der Waals surface area (Å²) in [5, 5.41) is 0. The van der Waals surface area contributed by atoms with Crippen LogP contribution in [0.4, 0.5) is 0 Å². The Labute approximate surface area is 358 Å². The van der Waals surface area contributed by atoms with Crippen molar-refractivity contribution < 1.29 is 0 Å². The lowest BCUT2D eigenvalue weighted by atomic mass is 9.51. The van der Waals surface area contributed by atoms with Gasteiger partial charge in [-0.25, -0.2) is 0 Å². The summed E-state index contributed by atoms with van der Waals surface area (Å²) in [7, 11) is 0. The van der Waals surface area contributed by atoms with Gasteiger partial charge in [-0.05, 0) is 192 Å². The van der Waals surface area contributed by atoms with E-state index in [2.05, 4.69) is 116 Å². The van der Waals surface area contributed by atoms with Crippen LogP contribution in [0.1, 0.15) is 149 Å². The van der Waals surface area contributed by atoms with Crippen molar-refractivity contribution in [2.75, 3.05) is 0 Å². The first-order valence-corrected chi connectivity index (χ1v) is 25.1. The number of hydrogen-bond donors (Lipinski definition) is 0. The summed E-state index contributed by atoms with van der Waals surface area (Å²) in [5.41, 5.74) is 14.1. The summed E-state index contributed by atoms with van der Waals surface area (Å²) in [4.78, 5) is 2.90. The highest BCUT2D eigenvalue weighted by Crippen LogP contribution is 2.71. The Bertz CT molecular complexity index is 2060. The van der Waals surface area contributed by atoms with Crippen LogP contribution in [0, 0.1) is 52.3 Å². The smallest absolute Gasteiger partial charge is 0.0517 e.